The van der Waals surface area contributed by atoms with Crippen LogP contribution in [0, 0.1) is 46.3 Å². The normalized spacial score (nSPS) is 40.1. The van der Waals surface area contributed by atoms with Crippen molar-refractivity contribution in [3.8, 4) is 0 Å². The van der Waals surface area contributed by atoms with Crippen molar-refractivity contribution in [2.24, 2.45) is 46.3 Å². The van der Waals surface area contributed by atoms with Crippen LogP contribution in [0.4, 0.5) is 0 Å². The van der Waals surface area contributed by atoms with Gasteiger partial charge in [0.05, 0.1) is 5.60 Å². The first-order valence-corrected chi connectivity index (χ1v) is 14.6. The van der Waals surface area contributed by atoms with Crippen LogP contribution in [0.1, 0.15) is 87.0 Å². The quantitative estimate of drug-likeness (QED) is 0.252. The van der Waals surface area contributed by atoms with E-state index in [1.54, 1.807) is 14.2 Å². The van der Waals surface area contributed by atoms with E-state index in [4.69, 9.17) is 14.2 Å². The molecule has 0 amide bonds. The van der Waals surface area contributed by atoms with Crippen molar-refractivity contribution in [2.45, 2.75) is 104 Å². The van der Waals surface area contributed by atoms with Crippen molar-refractivity contribution in [3.05, 3.63) is 23.8 Å². The molecule has 6 heteroatoms. The number of ketones is 1. The van der Waals surface area contributed by atoms with Gasteiger partial charge in [-0.05, 0) is 74.2 Å². The first kappa shape index (κ1) is 29.5. The standard InChI is InChI=1S/C32H50O6/c1-19(10-11-20(2)29(4,5)35)23-12-13-24-22-16-26(34)25-17-32(36-8,37-9)15-14-30(25,6)28(22)27(38-21(3)33)18-31(23,24)7/h10-11,16,19-20,23-25,27-28,35H,12-15,17-18H2,1-9H3/b11-10+/t19-,20+,23-,24+,25-,27-,28?,30+,31-/m1/s1. The van der Waals surface area contributed by atoms with Crippen molar-refractivity contribution < 1.29 is 28.9 Å². The number of methoxy groups -OCH3 is 2. The number of esters is 1. The van der Waals surface area contributed by atoms with Crippen molar-refractivity contribution in [3.63, 3.8) is 0 Å². The lowest BCUT2D eigenvalue weighted by molar-refractivity contribution is -0.252. The van der Waals surface area contributed by atoms with Gasteiger partial charge in [0, 0.05) is 51.7 Å². The molecule has 0 radical (unpaired) electrons. The van der Waals surface area contributed by atoms with Gasteiger partial charge >= 0.3 is 5.97 Å². The summed E-state index contributed by atoms with van der Waals surface area (Å²) in [7, 11) is 3.32. The van der Waals surface area contributed by atoms with Gasteiger partial charge < -0.3 is 19.3 Å². The maximum atomic E-state index is 13.8. The minimum Gasteiger partial charge on any atom is -0.462 e. The SMILES string of the molecule is COC1(OC)CC[C@]2(C)C3C(=CC(=O)[C@H]2C1)[C@@H]1CC[C@H]([C@H](C)/C=C/[C@H](C)C(C)(C)O)[C@@]1(C)C[C@H]3OC(C)=O. The van der Waals surface area contributed by atoms with Crippen LogP contribution in [0.3, 0.4) is 0 Å². The molecule has 0 aromatic carbocycles. The first-order valence-electron chi connectivity index (χ1n) is 14.6. The van der Waals surface area contributed by atoms with E-state index < -0.39 is 11.4 Å². The van der Waals surface area contributed by atoms with Crippen LogP contribution in [-0.4, -0.2) is 48.6 Å². The molecule has 0 aliphatic heterocycles. The molecule has 3 fully saturated rings. The Bertz CT molecular complexity index is 986. The Hall–Kier alpha value is -1.50. The lowest BCUT2D eigenvalue weighted by Gasteiger charge is -2.60. The molecule has 1 N–H and O–H groups in total. The number of rotatable bonds is 7. The highest BCUT2D eigenvalue weighted by molar-refractivity contribution is 5.94. The van der Waals surface area contributed by atoms with Crippen LogP contribution in [-0.2, 0) is 23.8 Å². The molecule has 1 unspecified atom stereocenters. The van der Waals surface area contributed by atoms with E-state index in [0.29, 0.717) is 30.6 Å². The molecule has 4 aliphatic carbocycles. The molecule has 3 saturated carbocycles. The number of allylic oxidation sites excluding steroid dienone is 2. The highest BCUT2D eigenvalue weighted by atomic mass is 16.7. The van der Waals surface area contributed by atoms with E-state index in [1.807, 2.05) is 26.8 Å². The Kier molecular flexibility index (Phi) is 7.88. The zero-order valence-electron chi connectivity index (χ0n) is 25.0. The molecular formula is C32H50O6. The summed E-state index contributed by atoms with van der Waals surface area (Å²) in [4.78, 5) is 26.2. The minimum atomic E-state index is -0.765. The van der Waals surface area contributed by atoms with Gasteiger partial charge in [-0.2, -0.15) is 0 Å². The fraction of sp³-hybridized carbons (Fsp3) is 0.812. The molecule has 214 valence electrons. The van der Waals surface area contributed by atoms with Crippen molar-refractivity contribution in [1.82, 2.24) is 0 Å². The van der Waals surface area contributed by atoms with Gasteiger partial charge in [-0.1, -0.05) is 45.4 Å². The predicted molar refractivity (Wildman–Crippen MR) is 147 cm³/mol. The number of carbonyl (C=O) groups is 2. The Morgan fingerprint density at radius 2 is 1.71 bits per heavy atom. The Morgan fingerprint density at radius 3 is 2.29 bits per heavy atom. The van der Waals surface area contributed by atoms with Gasteiger partial charge in [0.2, 0.25) is 0 Å². The van der Waals surface area contributed by atoms with Crippen LogP contribution in [0.2, 0.25) is 0 Å². The van der Waals surface area contributed by atoms with Gasteiger partial charge in [0.1, 0.15) is 6.10 Å². The van der Waals surface area contributed by atoms with Crippen LogP contribution in [0.15, 0.2) is 23.8 Å². The molecule has 9 atom stereocenters. The van der Waals surface area contributed by atoms with E-state index >= 15 is 0 Å². The number of hydrogen-bond donors (Lipinski definition) is 1. The molecule has 4 rings (SSSR count). The first-order chi connectivity index (χ1) is 17.6. The lowest BCUT2D eigenvalue weighted by atomic mass is 9.46. The molecule has 6 nitrogen and oxygen atoms in total. The number of carbonyl (C=O) groups excluding carboxylic acids is 2. The predicted octanol–water partition coefficient (Wildman–Crippen LogP) is 5.87. The van der Waals surface area contributed by atoms with Crippen LogP contribution in [0.25, 0.3) is 0 Å². The molecule has 0 spiro atoms. The van der Waals surface area contributed by atoms with E-state index in [1.165, 1.54) is 12.5 Å². The summed E-state index contributed by atoms with van der Waals surface area (Å²) < 4.78 is 17.7. The topological polar surface area (TPSA) is 82.1 Å². The molecule has 38 heavy (non-hydrogen) atoms. The molecule has 0 heterocycles. The number of ether oxygens (including phenoxy) is 3. The average molecular weight is 531 g/mol. The van der Waals surface area contributed by atoms with Crippen molar-refractivity contribution >= 4 is 11.8 Å². The zero-order valence-corrected chi connectivity index (χ0v) is 25.0. The summed E-state index contributed by atoms with van der Waals surface area (Å²) in [6.45, 7) is 14.1. The third kappa shape index (κ3) is 4.83. The highest BCUT2D eigenvalue weighted by Gasteiger charge is 2.64. The van der Waals surface area contributed by atoms with Gasteiger partial charge in [0.25, 0.3) is 0 Å². The van der Waals surface area contributed by atoms with Crippen molar-refractivity contribution in [2.75, 3.05) is 14.2 Å². The van der Waals surface area contributed by atoms with Crippen molar-refractivity contribution in [1.29, 1.82) is 0 Å². The van der Waals surface area contributed by atoms with E-state index in [0.717, 1.165) is 25.7 Å². The van der Waals surface area contributed by atoms with Crippen LogP contribution >= 0.6 is 0 Å². The molecule has 0 aromatic rings. The van der Waals surface area contributed by atoms with Crippen LogP contribution in [0.5, 0.6) is 0 Å². The maximum absolute atomic E-state index is 13.8. The molecule has 4 aliphatic rings. The number of fused-ring (bicyclic) bond motifs is 5. The molecule has 0 aromatic heterocycles. The third-order valence-electron chi connectivity index (χ3n) is 11.4. The van der Waals surface area contributed by atoms with Crippen LogP contribution < -0.4 is 0 Å². The minimum absolute atomic E-state index is 0.0266. The van der Waals surface area contributed by atoms with E-state index in [-0.39, 0.29) is 46.4 Å². The molecular weight excluding hydrogens is 480 g/mol. The Balaban J connectivity index is 1.71. The maximum Gasteiger partial charge on any atom is 0.302 e. The van der Waals surface area contributed by atoms with E-state index in [9.17, 15) is 14.7 Å². The summed E-state index contributed by atoms with van der Waals surface area (Å²) in [6, 6.07) is 0. The summed E-state index contributed by atoms with van der Waals surface area (Å²) in [6.07, 6.45) is 11.0. The second-order valence-corrected chi connectivity index (χ2v) is 13.9. The largest absolute Gasteiger partial charge is 0.462 e. The fourth-order valence-corrected chi connectivity index (χ4v) is 8.78. The second kappa shape index (κ2) is 10.2. The van der Waals surface area contributed by atoms with Gasteiger partial charge in [-0.25, -0.2) is 0 Å². The monoisotopic (exact) mass is 530 g/mol. The molecule has 0 bridgehead atoms. The smallest absolute Gasteiger partial charge is 0.302 e. The molecule has 0 saturated heterocycles. The Morgan fingerprint density at radius 1 is 1.05 bits per heavy atom. The summed E-state index contributed by atoms with van der Waals surface area (Å²) in [5.74, 6) is 0.0231. The number of hydrogen-bond acceptors (Lipinski definition) is 6. The fourth-order valence-electron chi connectivity index (χ4n) is 8.78. The zero-order chi connectivity index (χ0) is 28.3. The second-order valence-electron chi connectivity index (χ2n) is 13.9. The van der Waals surface area contributed by atoms with E-state index in [2.05, 4.69) is 32.9 Å². The van der Waals surface area contributed by atoms with Gasteiger partial charge in [-0.3, -0.25) is 9.59 Å². The lowest BCUT2D eigenvalue weighted by Crippen LogP contribution is -2.60. The summed E-state index contributed by atoms with van der Waals surface area (Å²) >= 11 is 0. The number of aliphatic hydroxyl groups is 1. The summed E-state index contributed by atoms with van der Waals surface area (Å²) in [5.41, 5.74) is 0.0546. The Labute approximate surface area is 229 Å². The summed E-state index contributed by atoms with van der Waals surface area (Å²) in [5, 5.41) is 10.4. The van der Waals surface area contributed by atoms with Gasteiger partial charge in [0.15, 0.2) is 11.6 Å². The van der Waals surface area contributed by atoms with Gasteiger partial charge in [-0.15, -0.1) is 0 Å². The average Bonchev–Trinajstić information content (AvgIpc) is 3.18. The third-order valence-corrected chi connectivity index (χ3v) is 11.4. The highest BCUT2D eigenvalue weighted by Crippen LogP contribution is 2.67.